The van der Waals surface area contributed by atoms with E-state index in [0.717, 1.165) is 0 Å². The van der Waals surface area contributed by atoms with Crippen molar-refractivity contribution in [3.8, 4) is 0 Å². The second-order valence-electron chi connectivity index (χ2n) is 3.99. The molecule has 0 spiro atoms. The lowest BCUT2D eigenvalue weighted by Gasteiger charge is -2.06. The Morgan fingerprint density at radius 1 is 1.19 bits per heavy atom. The Bertz CT molecular complexity index is 357. The zero-order valence-electron chi connectivity index (χ0n) is 9.69. The number of rotatable bonds is 5. The molecule has 0 saturated carbocycles. The second kappa shape index (κ2) is 6.05. The summed E-state index contributed by atoms with van der Waals surface area (Å²) in [6.45, 7) is 4.13. The van der Waals surface area contributed by atoms with E-state index in [-0.39, 0.29) is 17.6 Å². The lowest BCUT2D eigenvalue weighted by atomic mass is 10.1. The summed E-state index contributed by atoms with van der Waals surface area (Å²) in [6.07, 6.45) is 0.399. The molecule has 0 radical (unpaired) electrons. The van der Waals surface area contributed by atoms with Gasteiger partial charge in [0.05, 0.1) is 0 Å². The Morgan fingerprint density at radius 3 is 2.38 bits per heavy atom. The molecule has 0 aliphatic rings. The molecule has 1 aromatic carbocycles. The van der Waals surface area contributed by atoms with Crippen LogP contribution >= 0.6 is 0 Å². The first-order valence-corrected chi connectivity index (χ1v) is 5.47. The summed E-state index contributed by atoms with van der Waals surface area (Å²) < 4.78 is 0. The predicted octanol–water partition coefficient (Wildman–Crippen LogP) is 2.03. The summed E-state index contributed by atoms with van der Waals surface area (Å²) in [4.78, 5) is 22.9. The van der Waals surface area contributed by atoms with Gasteiger partial charge in [0.15, 0.2) is 0 Å². The molecule has 1 rings (SSSR count). The number of hydrogen-bond acceptors (Lipinski definition) is 2. The van der Waals surface area contributed by atoms with E-state index in [1.54, 1.807) is 12.1 Å². The van der Waals surface area contributed by atoms with Gasteiger partial charge in [-0.2, -0.15) is 0 Å². The van der Waals surface area contributed by atoms with Crippen molar-refractivity contribution in [1.29, 1.82) is 0 Å². The van der Waals surface area contributed by atoms with Gasteiger partial charge in [0.2, 0.25) is 0 Å². The van der Waals surface area contributed by atoms with Gasteiger partial charge in [0, 0.05) is 24.4 Å². The predicted molar refractivity (Wildman–Crippen MR) is 63.2 cm³/mol. The molecular formula is C13H17NO2. The van der Waals surface area contributed by atoms with Gasteiger partial charge in [-0.25, -0.2) is 0 Å². The van der Waals surface area contributed by atoms with Gasteiger partial charge >= 0.3 is 0 Å². The van der Waals surface area contributed by atoms with Crippen molar-refractivity contribution in [3.63, 3.8) is 0 Å². The molecule has 1 amide bonds. The van der Waals surface area contributed by atoms with Crippen molar-refractivity contribution < 1.29 is 9.59 Å². The fraction of sp³-hybridized carbons (Fsp3) is 0.385. The Balaban J connectivity index is 2.34. The lowest BCUT2D eigenvalue weighted by molar-refractivity contribution is -0.121. The quantitative estimate of drug-likeness (QED) is 0.823. The first-order valence-electron chi connectivity index (χ1n) is 5.47. The van der Waals surface area contributed by atoms with Gasteiger partial charge in [-0.05, 0) is 12.1 Å². The van der Waals surface area contributed by atoms with Crippen LogP contribution in [-0.2, 0) is 4.79 Å². The minimum Gasteiger partial charge on any atom is -0.352 e. The Morgan fingerprint density at radius 2 is 1.81 bits per heavy atom. The Labute approximate surface area is 95.9 Å². The van der Waals surface area contributed by atoms with E-state index < -0.39 is 0 Å². The third kappa shape index (κ3) is 3.85. The summed E-state index contributed by atoms with van der Waals surface area (Å²) in [5.74, 6) is 0.0825. The van der Waals surface area contributed by atoms with Gasteiger partial charge < -0.3 is 5.32 Å². The highest BCUT2D eigenvalue weighted by Gasteiger charge is 2.08. The Hall–Kier alpha value is -1.64. The van der Waals surface area contributed by atoms with E-state index in [4.69, 9.17) is 0 Å². The van der Waals surface area contributed by atoms with Crippen LogP contribution in [0.15, 0.2) is 30.3 Å². The number of nitrogens with one attached hydrogen (secondary N) is 1. The maximum atomic E-state index is 11.6. The van der Waals surface area contributed by atoms with Crippen LogP contribution in [0.1, 0.15) is 30.6 Å². The highest BCUT2D eigenvalue weighted by molar-refractivity contribution is 5.94. The highest BCUT2D eigenvalue weighted by Crippen LogP contribution is 1.99. The summed E-state index contributed by atoms with van der Waals surface area (Å²) >= 11 is 0. The minimum absolute atomic E-state index is 0.0358. The fourth-order valence-electron chi connectivity index (χ4n) is 1.28. The lowest BCUT2D eigenvalue weighted by Crippen LogP contribution is -2.26. The van der Waals surface area contributed by atoms with E-state index in [2.05, 4.69) is 5.32 Å². The molecule has 3 nitrogen and oxygen atoms in total. The maximum Gasteiger partial charge on any atom is 0.251 e. The SMILES string of the molecule is CC(C)C(=O)CCNC(=O)c1ccccc1. The molecule has 1 N–H and O–H groups in total. The fourth-order valence-corrected chi connectivity index (χ4v) is 1.28. The van der Waals surface area contributed by atoms with E-state index in [0.29, 0.717) is 18.5 Å². The van der Waals surface area contributed by atoms with Crippen LogP contribution in [0, 0.1) is 5.92 Å². The summed E-state index contributed by atoms with van der Waals surface area (Å²) in [5, 5.41) is 2.72. The molecule has 3 heteroatoms. The molecule has 0 saturated heterocycles. The molecule has 0 fully saturated rings. The molecule has 0 aliphatic carbocycles. The minimum atomic E-state index is -0.128. The number of ketones is 1. The molecule has 16 heavy (non-hydrogen) atoms. The number of hydrogen-bond donors (Lipinski definition) is 1. The average molecular weight is 219 g/mol. The van der Waals surface area contributed by atoms with Crippen LogP contribution in [0.3, 0.4) is 0 Å². The average Bonchev–Trinajstić information content (AvgIpc) is 2.29. The topological polar surface area (TPSA) is 46.2 Å². The normalized spacial score (nSPS) is 10.2. The van der Waals surface area contributed by atoms with Crippen molar-refractivity contribution in [2.24, 2.45) is 5.92 Å². The number of amides is 1. The summed E-state index contributed by atoms with van der Waals surface area (Å²) in [5.41, 5.74) is 0.625. The van der Waals surface area contributed by atoms with Crippen molar-refractivity contribution >= 4 is 11.7 Å². The summed E-state index contributed by atoms with van der Waals surface area (Å²) in [6, 6.07) is 8.99. The van der Waals surface area contributed by atoms with Gasteiger partial charge in [0.1, 0.15) is 5.78 Å². The van der Waals surface area contributed by atoms with Gasteiger partial charge in [-0.3, -0.25) is 9.59 Å². The van der Waals surface area contributed by atoms with Crippen molar-refractivity contribution in [1.82, 2.24) is 5.32 Å². The zero-order valence-corrected chi connectivity index (χ0v) is 9.69. The monoisotopic (exact) mass is 219 g/mol. The van der Waals surface area contributed by atoms with Crippen LogP contribution in [0.4, 0.5) is 0 Å². The third-order valence-electron chi connectivity index (χ3n) is 2.34. The second-order valence-corrected chi connectivity index (χ2v) is 3.99. The molecule has 0 aliphatic heterocycles. The zero-order chi connectivity index (χ0) is 12.0. The number of benzene rings is 1. The van der Waals surface area contributed by atoms with E-state index >= 15 is 0 Å². The third-order valence-corrected chi connectivity index (χ3v) is 2.34. The van der Waals surface area contributed by atoms with Crippen LogP contribution in [0.25, 0.3) is 0 Å². The number of carbonyl (C=O) groups excluding carboxylic acids is 2. The van der Waals surface area contributed by atoms with Crippen molar-refractivity contribution in [2.75, 3.05) is 6.54 Å². The van der Waals surface area contributed by atoms with Crippen LogP contribution in [0.2, 0.25) is 0 Å². The maximum absolute atomic E-state index is 11.6. The molecule has 0 atom stereocenters. The van der Waals surface area contributed by atoms with Crippen molar-refractivity contribution in [3.05, 3.63) is 35.9 Å². The molecular weight excluding hydrogens is 202 g/mol. The highest BCUT2D eigenvalue weighted by atomic mass is 16.1. The van der Waals surface area contributed by atoms with Crippen LogP contribution in [0.5, 0.6) is 0 Å². The van der Waals surface area contributed by atoms with Gasteiger partial charge in [-0.1, -0.05) is 32.0 Å². The van der Waals surface area contributed by atoms with E-state index in [1.807, 2.05) is 32.0 Å². The molecule has 1 aromatic rings. The molecule has 0 aromatic heterocycles. The first-order chi connectivity index (χ1) is 7.61. The van der Waals surface area contributed by atoms with E-state index in [9.17, 15) is 9.59 Å². The van der Waals surface area contributed by atoms with Crippen molar-refractivity contribution in [2.45, 2.75) is 20.3 Å². The molecule has 0 bridgehead atoms. The molecule has 0 unspecified atom stereocenters. The van der Waals surface area contributed by atoms with Gasteiger partial charge in [-0.15, -0.1) is 0 Å². The van der Waals surface area contributed by atoms with Crippen LogP contribution < -0.4 is 5.32 Å². The summed E-state index contributed by atoms with van der Waals surface area (Å²) in [7, 11) is 0. The van der Waals surface area contributed by atoms with Crippen LogP contribution in [-0.4, -0.2) is 18.2 Å². The smallest absolute Gasteiger partial charge is 0.251 e. The van der Waals surface area contributed by atoms with Gasteiger partial charge in [0.25, 0.3) is 5.91 Å². The Kier molecular flexibility index (Phi) is 4.70. The van der Waals surface area contributed by atoms with E-state index in [1.165, 1.54) is 0 Å². The largest absolute Gasteiger partial charge is 0.352 e. The molecule has 0 heterocycles. The number of carbonyl (C=O) groups is 2. The standard InChI is InChI=1S/C13H17NO2/c1-10(2)12(15)8-9-14-13(16)11-6-4-3-5-7-11/h3-7,10H,8-9H2,1-2H3,(H,14,16). The first kappa shape index (κ1) is 12.4. The number of Topliss-reactive ketones (excluding diaryl/α,β-unsaturated/α-hetero) is 1. The molecule has 86 valence electrons.